The highest BCUT2D eigenvalue weighted by Gasteiger charge is 2.24. The van der Waals surface area contributed by atoms with Crippen LogP contribution < -0.4 is 0 Å². The maximum Gasteiger partial charge on any atom is 0.115 e. The minimum Gasteiger partial charge on any atom is -0.508 e. The van der Waals surface area contributed by atoms with E-state index < -0.39 is 0 Å². The quantitative estimate of drug-likeness (QED) is 0.822. The molecule has 1 atom stereocenters. The summed E-state index contributed by atoms with van der Waals surface area (Å²) in [6.45, 7) is 0. The molecule has 0 heterocycles. The van der Waals surface area contributed by atoms with Crippen LogP contribution in [0.15, 0.2) is 53.5 Å². The van der Waals surface area contributed by atoms with Crippen molar-refractivity contribution in [1.29, 1.82) is 0 Å². The molecule has 0 spiro atoms. The molecule has 0 saturated carbocycles. The van der Waals surface area contributed by atoms with Gasteiger partial charge in [-0.25, -0.2) is 0 Å². The van der Waals surface area contributed by atoms with E-state index in [1.807, 2.05) is 19.2 Å². The average Bonchev–Trinajstić information content (AvgIpc) is 2.46. The maximum atomic E-state index is 9.67. The van der Waals surface area contributed by atoms with Crippen LogP contribution in [0.3, 0.4) is 0 Å². The molecule has 96 valence electrons. The third-order valence-electron chi connectivity index (χ3n) is 3.86. The highest BCUT2D eigenvalue weighted by Crippen LogP contribution is 2.37. The molecule has 1 aliphatic carbocycles. The van der Waals surface area contributed by atoms with Crippen LogP contribution in [0.5, 0.6) is 5.75 Å². The Kier molecular flexibility index (Phi) is 3.08. The Morgan fingerprint density at radius 1 is 1.11 bits per heavy atom. The fourth-order valence-electron chi connectivity index (χ4n) is 2.95. The lowest BCUT2D eigenvalue weighted by Gasteiger charge is -2.27. The molecule has 1 unspecified atom stereocenters. The van der Waals surface area contributed by atoms with Gasteiger partial charge in [0.25, 0.3) is 0 Å². The zero-order chi connectivity index (χ0) is 13.2. The fraction of sp³-hybridized carbons (Fsp3) is 0.235. The smallest absolute Gasteiger partial charge is 0.115 e. The molecular weight excluding hydrogens is 234 g/mol. The van der Waals surface area contributed by atoms with Crippen molar-refractivity contribution in [3.63, 3.8) is 0 Å². The maximum absolute atomic E-state index is 9.67. The minimum atomic E-state index is 0.338. The predicted octanol–water partition coefficient (Wildman–Crippen LogP) is 3.74. The van der Waals surface area contributed by atoms with Crippen molar-refractivity contribution in [2.24, 2.45) is 4.99 Å². The van der Waals surface area contributed by atoms with Crippen molar-refractivity contribution in [2.75, 3.05) is 7.05 Å². The molecule has 0 aromatic heterocycles. The summed E-state index contributed by atoms with van der Waals surface area (Å²) in [5.74, 6) is 0.693. The van der Waals surface area contributed by atoms with Crippen molar-refractivity contribution >= 4 is 5.71 Å². The van der Waals surface area contributed by atoms with Gasteiger partial charge < -0.3 is 5.11 Å². The molecule has 1 aliphatic rings. The summed E-state index contributed by atoms with van der Waals surface area (Å²) >= 11 is 0. The molecule has 19 heavy (non-hydrogen) atoms. The number of phenolic OH excluding ortho intramolecular Hbond substituents is 1. The van der Waals surface area contributed by atoms with E-state index in [2.05, 4.69) is 35.3 Å². The molecule has 0 amide bonds. The Morgan fingerprint density at radius 2 is 1.95 bits per heavy atom. The van der Waals surface area contributed by atoms with Gasteiger partial charge in [-0.2, -0.15) is 0 Å². The van der Waals surface area contributed by atoms with Gasteiger partial charge in [-0.05, 0) is 41.7 Å². The first-order valence-corrected chi connectivity index (χ1v) is 6.63. The van der Waals surface area contributed by atoms with Gasteiger partial charge in [0, 0.05) is 18.7 Å². The molecule has 1 N–H and O–H groups in total. The molecule has 2 nitrogen and oxygen atoms in total. The SMILES string of the molecule is C/N=C1/CCC(c2cccc(O)c2)c2ccccc21. The van der Waals surface area contributed by atoms with Gasteiger partial charge in [0.1, 0.15) is 5.75 Å². The minimum absolute atomic E-state index is 0.338. The van der Waals surface area contributed by atoms with Crippen LogP contribution in [-0.4, -0.2) is 17.9 Å². The van der Waals surface area contributed by atoms with Crippen LogP contribution in [-0.2, 0) is 0 Å². The van der Waals surface area contributed by atoms with Crippen molar-refractivity contribution in [1.82, 2.24) is 0 Å². The lowest BCUT2D eigenvalue weighted by Crippen LogP contribution is -2.17. The second-order valence-electron chi connectivity index (χ2n) is 4.94. The third kappa shape index (κ3) is 2.14. The van der Waals surface area contributed by atoms with Crippen molar-refractivity contribution in [3.05, 3.63) is 65.2 Å². The predicted molar refractivity (Wildman–Crippen MR) is 78.1 cm³/mol. The van der Waals surface area contributed by atoms with Crippen molar-refractivity contribution < 1.29 is 5.11 Å². The van der Waals surface area contributed by atoms with E-state index in [-0.39, 0.29) is 0 Å². The van der Waals surface area contributed by atoms with Crippen LogP contribution >= 0.6 is 0 Å². The monoisotopic (exact) mass is 251 g/mol. The van der Waals surface area contributed by atoms with Gasteiger partial charge in [0.2, 0.25) is 0 Å². The van der Waals surface area contributed by atoms with E-state index in [0.29, 0.717) is 11.7 Å². The summed E-state index contributed by atoms with van der Waals surface area (Å²) in [5, 5.41) is 9.67. The summed E-state index contributed by atoms with van der Waals surface area (Å²) in [7, 11) is 1.86. The fourth-order valence-corrected chi connectivity index (χ4v) is 2.95. The first-order valence-electron chi connectivity index (χ1n) is 6.63. The van der Waals surface area contributed by atoms with E-state index in [0.717, 1.165) is 12.8 Å². The molecule has 0 radical (unpaired) electrons. The first kappa shape index (κ1) is 12.0. The van der Waals surface area contributed by atoms with E-state index in [9.17, 15) is 5.11 Å². The molecule has 2 aromatic carbocycles. The molecule has 3 rings (SSSR count). The molecular formula is C17H17NO. The number of aromatic hydroxyl groups is 1. The van der Waals surface area contributed by atoms with E-state index in [1.165, 1.54) is 22.4 Å². The van der Waals surface area contributed by atoms with E-state index >= 15 is 0 Å². The summed E-state index contributed by atoms with van der Waals surface area (Å²) in [5.41, 5.74) is 4.94. The number of phenols is 1. The van der Waals surface area contributed by atoms with Gasteiger partial charge >= 0.3 is 0 Å². The van der Waals surface area contributed by atoms with Crippen LogP contribution in [0.4, 0.5) is 0 Å². The molecule has 0 aliphatic heterocycles. The molecule has 2 aromatic rings. The highest BCUT2D eigenvalue weighted by atomic mass is 16.3. The lowest BCUT2D eigenvalue weighted by atomic mass is 9.78. The Morgan fingerprint density at radius 3 is 2.74 bits per heavy atom. The van der Waals surface area contributed by atoms with Crippen molar-refractivity contribution in [2.45, 2.75) is 18.8 Å². The lowest BCUT2D eigenvalue weighted by molar-refractivity contribution is 0.474. The number of hydrogen-bond donors (Lipinski definition) is 1. The zero-order valence-electron chi connectivity index (χ0n) is 11.0. The third-order valence-corrected chi connectivity index (χ3v) is 3.86. The zero-order valence-corrected chi connectivity index (χ0v) is 11.0. The molecule has 0 fully saturated rings. The van der Waals surface area contributed by atoms with Crippen LogP contribution in [0.2, 0.25) is 0 Å². The largest absolute Gasteiger partial charge is 0.508 e. The van der Waals surface area contributed by atoms with Gasteiger partial charge in [-0.1, -0.05) is 36.4 Å². The normalized spacial score (nSPS) is 20.3. The van der Waals surface area contributed by atoms with Crippen LogP contribution in [0, 0.1) is 0 Å². The van der Waals surface area contributed by atoms with Crippen molar-refractivity contribution in [3.8, 4) is 5.75 Å². The number of nitrogens with zero attached hydrogens (tertiary/aromatic N) is 1. The number of aliphatic imine (C=N–C) groups is 1. The summed E-state index contributed by atoms with van der Waals surface area (Å²) < 4.78 is 0. The Hall–Kier alpha value is -2.09. The second kappa shape index (κ2) is 4.88. The average molecular weight is 251 g/mol. The molecule has 0 saturated heterocycles. The Bertz CT molecular complexity index is 631. The molecule has 2 heteroatoms. The molecule has 0 bridgehead atoms. The summed E-state index contributed by atoms with van der Waals surface area (Å²) in [4.78, 5) is 4.40. The topological polar surface area (TPSA) is 32.6 Å². The number of rotatable bonds is 1. The number of fused-ring (bicyclic) bond motifs is 1. The second-order valence-corrected chi connectivity index (χ2v) is 4.94. The van der Waals surface area contributed by atoms with Gasteiger partial charge in [-0.3, -0.25) is 4.99 Å². The van der Waals surface area contributed by atoms with Gasteiger partial charge in [0.05, 0.1) is 0 Å². The van der Waals surface area contributed by atoms with Gasteiger partial charge in [-0.15, -0.1) is 0 Å². The van der Waals surface area contributed by atoms with Gasteiger partial charge in [0.15, 0.2) is 0 Å². The summed E-state index contributed by atoms with van der Waals surface area (Å²) in [6.07, 6.45) is 2.04. The summed E-state index contributed by atoms with van der Waals surface area (Å²) in [6, 6.07) is 16.1. The Labute approximate surface area is 113 Å². The van der Waals surface area contributed by atoms with E-state index in [1.54, 1.807) is 6.07 Å². The van der Waals surface area contributed by atoms with Crippen LogP contribution in [0.25, 0.3) is 0 Å². The van der Waals surface area contributed by atoms with Crippen LogP contribution in [0.1, 0.15) is 35.4 Å². The highest BCUT2D eigenvalue weighted by molar-refractivity contribution is 6.03. The van der Waals surface area contributed by atoms with E-state index in [4.69, 9.17) is 0 Å². The Balaban J connectivity index is 2.10. The first-order chi connectivity index (χ1) is 9.29. The standard InChI is InChI=1S/C17H17NO/c1-18-17-10-9-14(12-5-4-6-13(19)11-12)15-7-2-3-8-16(15)17/h2-8,11,14,19H,9-10H2,1H3/b18-17-. The number of benzene rings is 2. The number of hydrogen-bond acceptors (Lipinski definition) is 2.